The zero-order valence-corrected chi connectivity index (χ0v) is 14.7. The van der Waals surface area contributed by atoms with Crippen LogP contribution in [-0.2, 0) is 0 Å². The van der Waals surface area contributed by atoms with Gasteiger partial charge in [0.1, 0.15) is 5.75 Å². The van der Waals surface area contributed by atoms with Gasteiger partial charge in [0.15, 0.2) is 0 Å². The zero-order valence-electron chi connectivity index (χ0n) is 13.1. The Bertz CT molecular complexity index is 618. The lowest BCUT2D eigenvalue weighted by atomic mass is 9.54. The van der Waals surface area contributed by atoms with Crippen LogP contribution in [0.2, 0.25) is 10.0 Å². The Kier molecular flexibility index (Phi) is 3.97. The van der Waals surface area contributed by atoms with E-state index in [2.05, 4.69) is 5.32 Å². The predicted molar refractivity (Wildman–Crippen MR) is 91.3 cm³/mol. The van der Waals surface area contributed by atoms with Crippen LogP contribution in [0.3, 0.4) is 0 Å². The van der Waals surface area contributed by atoms with E-state index in [0.717, 1.165) is 11.8 Å². The first-order valence-corrected chi connectivity index (χ1v) is 9.14. The largest absolute Gasteiger partial charge is 0.494 e. The summed E-state index contributed by atoms with van der Waals surface area (Å²) in [7, 11) is 1.52. The summed E-state index contributed by atoms with van der Waals surface area (Å²) in [6.45, 7) is 0. The van der Waals surface area contributed by atoms with Crippen molar-refractivity contribution in [2.24, 2.45) is 23.7 Å². The van der Waals surface area contributed by atoms with Crippen LogP contribution in [0.4, 0.5) is 0 Å². The van der Waals surface area contributed by atoms with Gasteiger partial charge in [-0.3, -0.25) is 4.79 Å². The number of carbonyl (C=O) groups is 1. The van der Waals surface area contributed by atoms with Crippen molar-refractivity contribution in [3.63, 3.8) is 0 Å². The summed E-state index contributed by atoms with van der Waals surface area (Å²) in [5, 5.41) is 4.09. The van der Waals surface area contributed by atoms with Gasteiger partial charge in [-0.25, -0.2) is 0 Å². The Balaban J connectivity index is 1.57. The van der Waals surface area contributed by atoms with E-state index in [0.29, 0.717) is 33.2 Å². The van der Waals surface area contributed by atoms with Crippen LogP contribution in [0, 0.1) is 23.7 Å². The molecule has 4 saturated carbocycles. The molecule has 5 rings (SSSR count). The minimum Gasteiger partial charge on any atom is -0.494 e. The SMILES string of the molecule is COc1c(Cl)cc(Cl)cc1C(=O)NC1C2CC3CC(C2)CC1C3. The Hall–Kier alpha value is -0.930. The van der Waals surface area contributed by atoms with Crippen molar-refractivity contribution in [2.45, 2.75) is 38.1 Å². The van der Waals surface area contributed by atoms with Crippen LogP contribution in [0.25, 0.3) is 0 Å². The van der Waals surface area contributed by atoms with Gasteiger partial charge in [0.25, 0.3) is 5.91 Å². The fourth-order valence-corrected chi connectivity index (χ4v) is 5.90. The summed E-state index contributed by atoms with van der Waals surface area (Å²) in [5.74, 6) is 3.33. The number of benzene rings is 1. The number of amides is 1. The summed E-state index contributed by atoms with van der Waals surface area (Å²) < 4.78 is 5.31. The summed E-state index contributed by atoms with van der Waals surface area (Å²) >= 11 is 12.2. The molecule has 5 heteroatoms. The minimum absolute atomic E-state index is 0.122. The van der Waals surface area contributed by atoms with Crippen molar-refractivity contribution < 1.29 is 9.53 Å². The van der Waals surface area contributed by atoms with Crippen molar-refractivity contribution in [1.82, 2.24) is 5.32 Å². The number of hydrogen-bond acceptors (Lipinski definition) is 2. The van der Waals surface area contributed by atoms with Gasteiger partial charge in [0.2, 0.25) is 0 Å². The molecule has 0 saturated heterocycles. The first-order chi connectivity index (χ1) is 11.0. The summed E-state index contributed by atoms with van der Waals surface area (Å²) in [6, 6.07) is 3.52. The van der Waals surface area contributed by atoms with Gasteiger partial charge in [-0.05, 0) is 67.9 Å². The molecule has 0 atom stereocenters. The molecule has 0 unspecified atom stereocenters. The monoisotopic (exact) mass is 353 g/mol. The topological polar surface area (TPSA) is 38.3 Å². The highest BCUT2D eigenvalue weighted by molar-refractivity contribution is 6.36. The number of carbonyl (C=O) groups excluding carboxylic acids is 1. The summed E-state index contributed by atoms with van der Waals surface area (Å²) in [6.07, 6.45) is 6.49. The van der Waals surface area contributed by atoms with E-state index < -0.39 is 0 Å². The number of nitrogens with one attached hydrogen (secondary N) is 1. The molecule has 4 aliphatic rings. The third kappa shape index (κ3) is 2.72. The van der Waals surface area contributed by atoms with E-state index in [1.54, 1.807) is 12.1 Å². The van der Waals surface area contributed by atoms with E-state index in [1.165, 1.54) is 39.2 Å². The maximum Gasteiger partial charge on any atom is 0.255 e. The van der Waals surface area contributed by atoms with Gasteiger partial charge in [-0.1, -0.05) is 23.2 Å². The van der Waals surface area contributed by atoms with Crippen LogP contribution in [0.15, 0.2) is 12.1 Å². The van der Waals surface area contributed by atoms with Gasteiger partial charge in [-0.15, -0.1) is 0 Å². The maximum atomic E-state index is 12.8. The zero-order chi connectivity index (χ0) is 16.1. The van der Waals surface area contributed by atoms with Crippen molar-refractivity contribution in [2.75, 3.05) is 7.11 Å². The number of rotatable bonds is 3. The summed E-state index contributed by atoms with van der Waals surface area (Å²) in [5.41, 5.74) is 0.429. The van der Waals surface area contributed by atoms with E-state index in [4.69, 9.17) is 27.9 Å². The molecule has 1 aromatic rings. The molecule has 0 spiro atoms. The second kappa shape index (κ2) is 5.86. The first kappa shape index (κ1) is 15.6. The smallest absolute Gasteiger partial charge is 0.255 e. The molecule has 4 bridgehead atoms. The van der Waals surface area contributed by atoms with Gasteiger partial charge in [-0.2, -0.15) is 0 Å². The van der Waals surface area contributed by atoms with E-state index >= 15 is 0 Å². The van der Waals surface area contributed by atoms with Crippen molar-refractivity contribution >= 4 is 29.1 Å². The Morgan fingerprint density at radius 3 is 2.26 bits per heavy atom. The van der Waals surface area contributed by atoms with Crippen LogP contribution >= 0.6 is 23.2 Å². The van der Waals surface area contributed by atoms with Crippen molar-refractivity contribution in [3.05, 3.63) is 27.7 Å². The van der Waals surface area contributed by atoms with Crippen LogP contribution in [0.5, 0.6) is 5.75 Å². The third-order valence-corrected chi connectivity index (χ3v) is 6.48. The lowest BCUT2D eigenvalue weighted by molar-refractivity contribution is -0.0119. The van der Waals surface area contributed by atoms with Crippen molar-refractivity contribution in [3.8, 4) is 5.75 Å². The third-order valence-electron chi connectivity index (χ3n) is 5.98. The van der Waals surface area contributed by atoms with E-state index in [1.807, 2.05) is 0 Å². The molecule has 1 amide bonds. The second-order valence-corrected chi connectivity index (χ2v) is 8.24. The first-order valence-electron chi connectivity index (χ1n) is 8.39. The Morgan fingerprint density at radius 2 is 1.70 bits per heavy atom. The molecular formula is C18H21Cl2NO2. The molecule has 0 aromatic heterocycles. The lowest BCUT2D eigenvalue weighted by Gasteiger charge is -2.54. The maximum absolute atomic E-state index is 12.8. The van der Waals surface area contributed by atoms with E-state index in [-0.39, 0.29) is 11.9 Å². The van der Waals surface area contributed by atoms with Gasteiger partial charge in [0.05, 0.1) is 17.7 Å². The summed E-state index contributed by atoms with van der Waals surface area (Å²) in [4.78, 5) is 12.8. The highest BCUT2D eigenvalue weighted by atomic mass is 35.5. The highest BCUT2D eigenvalue weighted by Crippen LogP contribution is 2.53. The molecule has 23 heavy (non-hydrogen) atoms. The molecule has 3 nitrogen and oxygen atoms in total. The fraction of sp³-hybridized carbons (Fsp3) is 0.611. The quantitative estimate of drug-likeness (QED) is 0.864. The van der Waals surface area contributed by atoms with Crippen LogP contribution in [-0.4, -0.2) is 19.1 Å². The number of halogens is 2. The molecule has 4 fully saturated rings. The predicted octanol–water partition coefficient (Wildman–Crippen LogP) is 4.56. The van der Waals surface area contributed by atoms with Crippen molar-refractivity contribution in [1.29, 1.82) is 0 Å². The minimum atomic E-state index is -0.122. The standard InChI is InChI=1S/C18H21Cl2NO2/c1-23-17-14(7-13(19)8-15(17)20)18(22)21-16-11-3-9-2-10(5-11)6-12(16)4-9/h7-12,16H,2-6H2,1H3,(H,21,22). The fourth-order valence-electron chi connectivity index (χ4n) is 5.33. The lowest BCUT2D eigenvalue weighted by Crippen LogP contribution is -2.55. The average molecular weight is 354 g/mol. The molecule has 0 heterocycles. The van der Waals surface area contributed by atoms with Gasteiger partial charge in [0, 0.05) is 11.1 Å². The van der Waals surface area contributed by atoms with Crippen LogP contribution < -0.4 is 10.1 Å². The molecule has 0 aliphatic heterocycles. The second-order valence-electron chi connectivity index (χ2n) is 7.40. The van der Waals surface area contributed by atoms with E-state index in [9.17, 15) is 4.79 Å². The highest BCUT2D eigenvalue weighted by Gasteiger charge is 2.48. The molecule has 1 aromatic carbocycles. The molecule has 4 aliphatic carbocycles. The van der Waals surface area contributed by atoms with Crippen LogP contribution in [0.1, 0.15) is 42.5 Å². The molecule has 124 valence electrons. The average Bonchev–Trinajstić information content (AvgIpc) is 2.49. The molecule has 1 N–H and O–H groups in total. The Morgan fingerprint density at radius 1 is 1.09 bits per heavy atom. The molecule has 0 radical (unpaired) electrons. The van der Waals surface area contributed by atoms with Gasteiger partial charge < -0.3 is 10.1 Å². The number of ether oxygens (including phenoxy) is 1. The normalized spacial score (nSPS) is 34.5. The number of hydrogen-bond donors (Lipinski definition) is 1. The molecular weight excluding hydrogens is 333 g/mol. The number of methoxy groups -OCH3 is 1. The Labute approximate surface area is 146 Å². The van der Waals surface area contributed by atoms with Gasteiger partial charge >= 0.3 is 0 Å².